The number of morpholine rings is 1. The van der Waals surface area contributed by atoms with Gasteiger partial charge in [0, 0.05) is 19.3 Å². The van der Waals surface area contributed by atoms with E-state index in [4.69, 9.17) is 14.7 Å². The summed E-state index contributed by atoms with van der Waals surface area (Å²) in [5, 5.41) is 13.0. The Morgan fingerprint density at radius 1 is 1.57 bits per heavy atom. The predicted molar refractivity (Wildman–Crippen MR) is 70.3 cm³/mol. The molecule has 1 saturated heterocycles. The minimum Gasteiger partial charge on any atom is -0.462 e. The summed E-state index contributed by atoms with van der Waals surface area (Å²) in [6, 6.07) is 1.87. The Morgan fingerprint density at radius 3 is 3.05 bits per heavy atom. The minimum absolute atomic E-state index is 0.0294. The number of nitrogens with zero attached hydrogens (tertiary/aromatic N) is 4. The first-order valence-corrected chi connectivity index (χ1v) is 6.66. The molecule has 1 amide bonds. The van der Waals surface area contributed by atoms with Gasteiger partial charge in [-0.1, -0.05) is 0 Å². The number of hydrogen-bond donors (Lipinski definition) is 0. The van der Waals surface area contributed by atoms with Gasteiger partial charge in [0.2, 0.25) is 5.91 Å². The fourth-order valence-corrected chi connectivity index (χ4v) is 1.99. The molecule has 0 aromatic carbocycles. The molecule has 1 aromatic heterocycles. The van der Waals surface area contributed by atoms with Crippen molar-refractivity contribution >= 4 is 11.9 Å². The first kappa shape index (κ1) is 15.0. The molecule has 0 N–H and O–H groups in total. The van der Waals surface area contributed by atoms with Crippen LogP contribution in [0.15, 0.2) is 6.20 Å². The topological polar surface area (TPSA) is 97.4 Å². The van der Waals surface area contributed by atoms with Crippen LogP contribution in [0.2, 0.25) is 0 Å². The quantitative estimate of drug-likeness (QED) is 0.697. The van der Waals surface area contributed by atoms with Crippen molar-refractivity contribution in [2.24, 2.45) is 0 Å². The number of amides is 1. The highest BCUT2D eigenvalue weighted by Crippen LogP contribution is 2.08. The number of carbonyl (C=O) groups excluding carboxylic acids is 2. The fourth-order valence-electron chi connectivity index (χ4n) is 1.99. The van der Waals surface area contributed by atoms with Gasteiger partial charge in [0.1, 0.15) is 18.2 Å². The lowest BCUT2D eigenvalue weighted by Crippen LogP contribution is -2.43. The summed E-state index contributed by atoms with van der Waals surface area (Å²) in [4.78, 5) is 24.9. The van der Waals surface area contributed by atoms with Crippen LogP contribution in [0.3, 0.4) is 0 Å². The molecule has 2 rings (SSSR count). The van der Waals surface area contributed by atoms with Crippen LogP contribution >= 0.6 is 0 Å². The van der Waals surface area contributed by atoms with E-state index in [2.05, 4.69) is 5.10 Å². The molecule has 112 valence electrons. The number of carbonyl (C=O) groups is 2. The standard InChI is InChI=1S/C13H16N4O4/c1-2-21-13(19)10-8-17(15-11(10)7-14)4-3-16-5-6-20-9-12(16)18/h8H,2-6,9H2,1H3. The third-order valence-corrected chi connectivity index (χ3v) is 3.05. The Hall–Kier alpha value is -2.40. The Morgan fingerprint density at radius 2 is 2.38 bits per heavy atom. The Labute approximate surface area is 121 Å². The maximum atomic E-state index is 11.7. The van der Waals surface area contributed by atoms with Crippen molar-refractivity contribution in [3.63, 3.8) is 0 Å². The lowest BCUT2D eigenvalue weighted by Gasteiger charge is -2.26. The van der Waals surface area contributed by atoms with E-state index in [0.717, 1.165) is 0 Å². The average molecular weight is 292 g/mol. The van der Waals surface area contributed by atoms with Crippen molar-refractivity contribution < 1.29 is 19.1 Å². The lowest BCUT2D eigenvalue weighted by atomic mass is 10.3. The molecule has 0 aliphatic carbocycles. The SMILES string of the molecule is CCOC(=O)c1cn(CCN2CCOCC2=O)nc1C#N. The number of aromatic nitrogens is 2. The molecule has 1 aliphatic rings. The zero-order chi connectivity index (χ0) is 15.2. The summed E-state index contributed by atoms with van der Waals surface area (Å²) >= 11 is 0. The van der Waals surface area contributed by atoms with E-state index < -0.39 is 5.97 Å². The Bertz CT molecular complexity index is 575. The van der Waals surface area contributed by atoms with E-state index in [1.165, 1.54) is 10.9 Å². The van der Waals surface area contributed by atoms with Gasteiger partial charge < -0.3 is 14.4 Å². The van der Waals surface area contributed by atoms with Crippen molar-refractivity contribution in [2.75, 3.05) is 32.9 Å². The largest absolute Gasteiger partial charge is 0.462 e. The molecule has 0 bridgehead atoms. The van der Waals surface area contributed by atoms with Crippen molar-refractivity contribution in [1.29, 1.82) is 5.26 Å². The molecule has 8 nitrogen and oxygen atoms in total. The van der Waals surface area contributed by atoms with E-state index in [-0.39, 0.29) is 30.4 Å². The molecule has 8 heteroatoms. The van der Waals surface area contributed by atoms with E-state index in [1.54, 1.807) is 11.8 Å². The summed E-state index contributed by atoms with van der Waals surface area (Å²) in [7, 11) is 0. The normalized spacial score (nSPS) is 14.9. The molecule has 2 heterocycles. The highest BCUT2D eigenvalue weighted by Gasteiger charge is 2.20. The van der Waals surface area contributed by atoms with Crippen molar-refractivity contribution in [2.45, 2.75) is 13.5 Å². The van der Waals surface area contributed by atoms with Gasteiger partial charge in [-0.15, -0.1) is 0 Å². The predicted octanol–water partition coefficient (Wildman–Crippen LogP) is -0.210. The molecule has 21 heavy (non-hydrogen) atoms. The van der Waals surface area contributed by atoms with E-state index in [1.807, 2.05) is 6.07 Å². The molecule has 1 fully saturated rings. The zero-order valence-corrected chi connectivity index (χ0v) is 11.7. The van der Waals surface area contributed by atoms with Crippen LogP contribution in [0.1, 0.15) is 23.0 Å². The molecule has 0 atom stereocenters. The van der Waals surface area contributed by atoms with Gasteiger partial charge in [-0.25, -0.2) is 4.79 Å². The van der Waals surface area contributed by atoms with Crippen molar-refractivity contribution in [3.8, 4) is 6.07 Å². The van der Waals surface area contributed by atoms with Crippen molar-refractivity contribution in [1.82, 2.24) is 14.7 Å². The van der Waals surface area contributed by atoms with Crippen LogP contribution in [0, 0.1) is 11.3 Å². The summed E-state index contributed by atoms with van der Waals surface area (Å²) in [5.41, 5.74) is 0.175. The first-order valence-electron chi connectivity index (χ1n) is 6.66. The van der Waals surface area contributed by atoms with Gasteiger partial charge in [0.25, 0.3) is 0 Å². The number of esters is 1. The number of hydrogen-bond acceptors (Lipinski definition) is 6. The van der Waals surface area contributed by atoms with E-state index >= 15 is 0 Å². The summed E-state index contributed by atoms with van der Waals surface area (Å²) < 4.78 is 11.4. The van der Waals surface area contributed by atoms with Crippen LogP contribution in [0.4, 0.5) is 0 Å². The second-order valence-corrected chi connectivity index (χ2v) is 4.42. The highest BCUT2D eigenvalue weighted by molar-refractivity contribution is 5.91. The molecular formula is C13H16N4O4. The summed E-state index contributed by atoms with van der Waals surface area (Å²) in [5.74, 6) is -0.637. The molecule has 0 radical (unpaired) electrons. The van der Waals surface area contributed by atoms with Gasteiger partial charge in [-0.05, 0) is 6.92 Å². The smallest absolute Gasteiger partial charge is 0.342 e. The van der Waals surface area contributed by atoms with Crippen LogP contribution in [0.25, 0.3) is 0 Å². The Kier molecular flexibility index (Phi) is 4.90. The molecule has 0 unspecified atom stereocenters. The summed E-state index contributed by atoms with van der Waals surface area (Å²) in [6.07, 6.45) is 1.47. The van der Waals surface area contributed by atoms with Gasteiger partial charge >= 0.3 is 5.97 Å². The van der Waals surface area contributed by atoms with Gasteiger partial charge in [-0.2, -0.15) is 10.4 Å². The zero-order valence-electron chi connectivity index (χ0n) is 11.7. The van der Waals surface area contributed by atoms with Crippen LogP contribution in [-0.4, -0.2) is 59.5 Å². The van der Waals surface area contributed by atoms with Crippen LogP contribution in [-0.2, 0) is 20.8 Å². The monoisotopic (exact) mass is 292 g/mol. The number of rotatable bonds is 5. The maximum Gasteiger partial charge on any atom is 0.342 e. The first-order chi connectivity index (χ1) is 10.2. The molecule has 0 spiro atoms. The van der Waals surface area contributed by atoms with Crippen LogP contribution in [0.5, 0.6) is 0 Å². The third-order valence-electron chi connectivity index (χ3n) is 3.05. The second kappa shape index (κ2) is 6.85. The lowest BCUT2D eigenvalue weighted by molar-refractivity contribution is -0.142. The van der Waals surface area contributed by atoms with Crippen molar-refractivity contribution in [3.05, 3.63) is 17.5 Å². The molecule has 1 aromatic rings. The van der Waals surface area contributed by atoms with Gasteiger partial charge in [0.05, 0.1) is 19.8 Å². The molecule has 1 aliphatic heterocycles. The second-order valence-electron chi connectivity index (χ2n) is 4.42. The number of ether oxygens (including phenoxy) is 2. The molecular weight excluding hydrogens is 276 g/mol. The van der Waals surface area contributed by atoms with Gasteiger partial charge in [0.15, 0.2) is 5.69 Å². The highest BCUT2D eigenvalue weighted by atomic mass is 16.5. The number of nitriles is 1. The van der Waals surface area contributed by atoms with Gasteiger partial charge in [-0.3, -0.25) is 9.48 Å². The minimum atomic E-state index is -0.567. The fraction of sp³-hybridized carbons (Fsp3) is 0.538. The molecule has 0 saturated carbocycles. The van der Waals surface area contributed by atoms with E-state index in [9.17, 15) is 9.59 Å². The maximum absolute atomic E-state index is 11.7. The third kappa shape index (κ3) is 3.58. The Balaban J connectivity index is 2.02. The van der Waals surface area contributed by atoms with Crippen LogP contribution < -0.4 is 0 Å². The summed E-state index contributed by atoms with van der Waals surface area (Å²) in [6.45, 7) is 3.93. The average Bonchev–Trinajstić information content (AvgIpc) is 2.90. The van der Waals surface area contributed by atoms with E-state index in [0.29, 0.717) is 26.2 Å².